The van der Waals surface area contributed by atoms with Crippen LogP contribution in [0.3, 0.4) is 0 Å². The van der Waals surface area contributed by atoms with E-state index in [2.05, 4.69) is 36.6 Å². The van der Waals surface area contributed by atoms with Gasteiger partial charge in [0.1, 0.15) is 5.00 Å². The monoisotopic (exact) mass is 489 g/mol. The highest BCUT2D eigenvalue weighted by Crippen LogP contribution is 2.45. The van der Waals surface area contributed by atoms with Crippen molar-refractivity contribution in [2.24, 2.45) is 5.92 Å². The third-order valence-corrected chi connectivity index (χ3v) is 9.08. The number of halogens is 1. The SMILES string of the molecule is O=S(=O)(c1ccc(-c2nnn[nH]2)cc1)N(CC1CC1)c1sc2ccccc2c1Br. The van der Waals surface area contributed by atoms with Crippen LogP contribution in [0.5, 0.6) is 0 Å². The van der Waals surface area contributed by atoms with Gasteiger partial charge in [-0.05, 0) is 75.4 Å². The van der Waals surface area contributed by atoms with Crippen molar-refractivity contribution in [2.75, 3.05) is 10.8 Å². The molecular weight excluding hydrogens is 474 g/mol. The van der Waals surface area contributed by atoms with Crippen LogP contribution >= 0.6 is 27.3 Å². The lowest BCUT2D eigenvalue weighted by Gasteiger charge is -2.23. The van der Waals surface area contributed by atoms with Crippen LogP contribution in [-0.4, -0.2) is 35.6 Å². The van der Waals surface area contributed by atoms with E-state index in [0.717, 1.165) is 38.0 Å². The lowest BCUT2D eigenvalue weighted by Crippen LogP contribution is -2.32. The summed E-state index contributed by atoms with van der Waals surface area (Å²) in [5.74, 6) is 0.900. The molecule has 7 nitrogen and oxygen atoms in total. The number of sulfonamides is 1. The Labute approximate surface area is 179 Å². The first-order valence-electron chi connectivity index (χ1n) is 9.08. The molecule has 0 spiro atoms. The molecule has 0 unspecified atom stereocenters. The maximum absolute atomic E-state index is 13.6. The van der Waals surface area contributed by atoms with E-state index in [0.29, 0.717) is 18.3 Å². The van der Waals surface area contributed by atoms with E-state index in [4.69, 9.17) is 0 Å². The first-order chi connectivity index (χ1) is 14.0. The number of benzene rings is 2. The molecule has 1 aliphatic carbocycles. The Morgan fingerprint density at radius 2 is 1.90 bits per heavy atom. The Kier molecular flexibility index (Phi) is 4.64. The summed E-state index contributed by atoms with van der Waals surface area (Å²) in [5.41, 5.74) is 0.728. The predicted molar refractivity (Wildman–Crippen MR) is 116 cm³/mol. The molecule has 0 bridgehead atoms. The summed E-state index contributed by atoms with van der Waals surface area (Å²) < 4.78 is 30.6. The van der Waals surface area contributed by atoms with Gasteiger partial charge in [0, 0.05) is 22.2 Å². The van der Waals surface area contributed by atoms with Gasteiger partial charge in [0.15, 0.2) is 5.82 Å². The van der Waals surface area contributed by atoms with Gasteiger partial charge in [-0.25, -0.2) is 13.5 Å². The Morgan fingerprint density at radius 1 is 1.14 bits per heavy atom. The van der Waals surface area contributed by atoms with Crippen molar-refractivity contribution in [3.8, 4) is 11.4 Å². The summed E-state index contributed by atoms with van der Waals surface area (Å²) in [6.45, 7) is 0.488. The van der Waals surface area contributed by atoms with Crippen molar-refractivity contribution in [1.29, 1.82) is 0 Å². The molecule has 4 aromatic rings. The minimum absolute atomic E-state index is 0.249. The normalized spacial score (nSPS) is 14.4. The van der Waals surface area contributed by atoms with Gasteiger partial charge in [0.2, 0.25) is 0 Å². The van der Waals surface area contributed by atoms with Gasteiger partial charge in [-0.3, -0.25) is 4.31 Å². The number of aromatic amines is 1. The molecule has 0 radical (unpaired) electrons. The van der Waals surface area contributed by atoms with Gasteiger partial charge in [-0.15, -0.1) is 16.4 Å². The number of H-pyrrole nitrogens is 1. The molecule has 148 valence electrons. The zero-order chi connectivity index (χ0) is 20.0. The van der Waals surface area contributed by atoms with Crippen molar-refractivity contribution in [3.63, 3.8) is 0 Å². The molecule has 1 aliphatic rings. The summed E-state index contributed by atoms with van der Waals surface area (Å²) in [7, 11) is -3.71. The highest BCUT2D eigenvalue weighted by atomic mass is 79.9. The van der Waals surface area contributed by atoms with E-state index in [1.807, 2.05) is 24.3 Å². The molecule has 0 amide bonds. The molecule has 1 fully saturated rings. The minimum Gasteiger partial charge on any atom is -0.256 e. The van der Waals surface area contributed by atoms with Crippen LogP contribution in [-0.2, 0) is 10.0 Å². The number of thiophene rings is 1. The lowest BCUT2D eigenvalue weighted by atomic mass is 10.2. The largest absolute Gasteiger partial charge is 0.264 e. The number of hydrogen-bond acceptors (Lipinski definition) is 6. The van der Waals surface area contributed by atoms with E-state index in [1.54, 1.807) is 28.6 Å². The second-order valence-corrected chi connectivity index (χ2v) is 10.7. The van der Waals surface area contributed by atoms with E-state index in [9.17, 15) is 8.42 Å². The molecule has 0 aliphatic heterocycles. The summed E-state index contributed by atoms with van der Waals surface area (Å²) in [6.07, 6.45) is 2.12. The zero-order valence-corrected chi connectivity index (χ0v) is 18.3. The van der Waals surface area contributed by atoms with Gasteiger partial charge in [0.25, 0.3) is 10.0 Å². The van der Waals surface area contributed by atoms with Gasteiger partial charge >= 0.3 is 0 Å². The van der Waals surface area contributed by atoms with Gasteiger partial charge < -0.3 is 0 Å². The van der Waals surface area contributed by atoms with Crippen molar-refractivity contribution >= 4 is 52.4 Å². The number of nitrogens with zero attached hydrogens (tertiary/aromatic N) is 4. The van der Waals surface area contributed by atoms with E-state index in [-0.39, 0.29) is 4.90 Å². The van der Waals surface area contributed by atoms with E-state index >= 15 is 0 Å². The number of nitrogens with one attached hydrogen (secondary N) is 1. The quantitative estimate of drug-likeness (QED) is 0.431. The molecule has 0 atom stereocenters. The van der Waals surface area contributed by atoms with Gasteiger partial charge in [-0.1, -0.05) is 18.2 Å². The molecule has 2 aromatic carbocycles. The number of aromatic nitrogens is 4. The molecule has 1 N–H and O–H groups in total. The number of anilines is 1. The number of fused-ring (bicyclic) bond motifs is 1. The summed E-state index contributed by atoms with van der Waals surface area (Å²) >= 11 is 5.14. The lowest BCUT2D eigenvalue weighted by molar-refractivity contribution is 0.588. The Bertz CT molecular complexity index is 1270. The molecule has 2 heterocycles. The number of hydrogen-bond donors (Lipinski definition) is 1. The van der Waals surface area contributed by atoms with Crippen LogP contribution in [0.15, 0.2) is 57.9 Å². The van der Waals surface area contributed by atoms with E-state index in [1.165, 1.54) is 11.3 Å². The maximum atomic E-state index is 13.6. The van der Waals surface area contributed by atoms with E-state index < -0.39 is 10.0 Å². The number of tetrazole rings is 1. The average Bonchev–Trinajstić information content (AvgIpc) is 3.27. The Morgan fingerprint density at radius 3 is 2.55 bits per heavy atom. The van der Waals surface area contributed by atoms with Crippen LogP contribution in [0.4, 0.5) is 5.00 Å². The molecule has 1 saturated carbocycles. The molecule has 29 heavy (non-hydrogen) atoms. The Balaban J connectivity index is 1.57. The van der Waals surface area contributed by atoms with Crippen LogP contribution in [0.1, 0.15) is 12.8 Å². The fourth-order valence-electron chi connectivity index (χ4n) is 3.18. The molecule has 10 heteroatoms. The van der Waals surface area contributed by atoms with Crippen molar-refractivity contribution in [3.05, 3.63) is 53.0 Å². The predicted octanol–water partition coefficient (Wildman–Crippen LogP) is 4.45. The highest BCUT2D eigenvalue weighted by Gasteiger charge is 2.34. The van der Waals surface area contributed by atoms with Crippen LogP contribution in [0.2, 0.25) is 0 Å². The standard InChI is InChI=1S/C19H16BrN5O2S2/c20-17-15-3-1-2-4-16(15)28-19(17)25(11-12-5-6-12)29(26,27)14-9-7-13(8-10-14)18-21-23-24-22-18/h1-4,7-10,12H,5-6,11H2,(H,21,22,23,24). The topological polar surface area (TPSA) is 91.8 Å². The average molecular weight is 490 g/mol. The van der Waals surface area contributed by atoms with Gasteiger partial charge in [-0.2, -0.15) is 0 Å². The maximum Gasteiger partial charge on any atom is 0.264 e. The zero-order valence-electron chi connectivity index (χ0n) is 15.1. The van der Waals surface area contributed by atoms with Crippen molar-refractivity contribution in [1.82, 2.24) is 20.6 Å². The first kappa shape index (κ1) is 18.7. The third kappa shape index (κ3) is 3.45. The molecule has 5 rings (SSSR count). The first-order valence-corrected chi connectivity index (χ1v) is 12.1. The number of rotatable bonds is 6. The third-order valence-electron chi connectivity index (χ3n) is 4.93. The summed E-state index contributed by atoms with van der Waals surface area (Å²) in [4.78, 5) is 0.249. The summed E-state index contributed by atoms with van der Waals surface area (Å²) in [6, 6.07) is 14.6. The molecular formula is C19H16BrN5O2S2. The summed E-state index contributed by atoms with van der Waals surface area (Å²) in [5, 5.41) is 15.4. The van der Waals surface area contributed by atoms with Crippen molar-refractivity contribution in [2.45, 2.75) is 17.7 Å². The molecule has 0 saturated heterocycles. The van der Waals surface area contributed by atoms with Crippen LogP contribution in [0.25, 0.3) is 21.5 Å². The van der Waals surface area contributed by atoms with Crippen LogP contribution < -0.4 is 4.31 Å². The second-order valence-electron chi connectivity index (χ2n) is 6.97. The minimum atomic E-state index is -3.71. The molecule has 2 aromatic heterocycles. The fourth-order valence-corrected chi connectivity index (χ4v) is 7.10. The highest BCUT2D eigenvalue weighted by molar-refractivity contribution is 9.10. The Hall–Kier alpha value is -2.30. The smallest absolute Gasteiger partial charge is 0.256 e. The van der Waals surface area contributed by atoms with Crippen molar-refractivity contribution < 1.29 is 8.42 Å². The van der Waals surface area contributed by atoms with Gasteiger partial charge in [0.05, 0.1) is 9.37 Å². The second kappa shape index (κ2) is 7.19. The fraction of sp³-hybridized carbons (Fsp3) is 0.211. The van der Waals surface area contributed by atoms with Crippen LogP contribution in [0, 0.1) is 5.92 Å².